The van der Waals surface area contributed by atoms with Gasteiger partial charge in [0.05, 0.1) is 0 Å². The number of carbonyl (C=O) groups excluding carboxylic acids is 1. The summed E-state index contributed by atoms with van der Waals surface area (Å²) in [6, 6.07) is 4.14. The average Bonchev–Trinajstić information content (AvgIpc) is 3.04. The van der Waals surface area contributed by atoms with E-state index in [9.17, 15) is 4.79 Å². The van der Waals surface area contributed by atoms with Crippen molar-refractivity contribution in [2.75, 3.05) is 7.05 Å². The van der Waals surface area contributed by atoms with Crippen LogP contribution in [0.1, 0.15) is 37.8 Å². The fraction of sp³-hybridized carbons (Fsp3) is 0.467. The second-order valence-corrected chi connectivity index (χ2v) is 5.83. The molecule has 20 heavy (non-hydrogen) atoms. The van der Waals surface area contributed by atoms with Crippen LogP contribution in [0, 0.1) is 0 Å². The number of hydrogen-bond donors (Lipinski definition) is 1. The Morgan fingerprint density at radius 3 is 2.75 bits per heavy atom. The Kier molecular flexibility index (Phi) is 3.61. The van der Waals surface area contributed by atoms with E-state index in [0.717, 1.165) is 18.5 Å². The molecular weight excluding hydrogens is 270 g/mol. The van der Waals surface area contributed by atoms with Gasteiger partial charge in [-0.2, -0.15) is 0 Å². The van der Waals surface area contributed by atoms with Gasteiger partial charge in [-0.3, -0.25) is 9.69 Å². The lowest BCUT2D eigenvalue weighted by atomic mass is 9.94. The Bertz CT molecular complexity index is 543. The van der Waals surface area contributed by atoms with Gasteiger partial charge in [0.1, 0.15) is 5.70 Å². The van der Waals surface area contributed by atoms with Gasteiger partial charge in [-0.25, -0.2) is 0 Å². The molecule has 1 aromatic rings. The minimum atomic E-state index is 0.0407. The standard InChI is InChI=1S/C15H19N3OS/c1-17-13(10-11-6-5-9-16-11)14(19)18(15(17)20)12-7-3-2-4-8-12/h5-6,9-10,12,16H,2-4,7-8H2,1H3/b13-10+. The molecule has 1 N–H and O–H groups in total. The third kappa shape index (κ3) is 2.26. The molecule has 4 nitrogen and oxygen atoms in total. The molecule has 2 fully saturated rings. The van der Waals surface area contributed by atoms with Crippen LogP contribution >= 0.6 is 12.2 Å². The van der Waals surface area contributed by atoms with Gasteiger partial charge in [-0.15, -0.1) is 0 Å². The minimum absolute atomic E-state index is 0.0407. The fourth-order valence-electron chi connectivity index (χ4n) is 3.02. The van der Waals surface area contributed by atoms with Crippen LogP contribution in [-0.2, 0) is 4.79 Å². The Morgan fingerprint density at radius 1 is 1.35 bits per heavy atom. The summed E-state index contributed by atoms with van der Waals surface area (Å²) in [7, 11) is 1.87. The number of rotatable bonds is 2. The van der Waals surface area contributed by atoms with Gasteiger partial charge in [0.2, 0.25) is 0 Å². The van der Waals surface area contributed by atoms with Crippen LogP contribution in [0.25, 0.3) is 6.08 Å². The number of H-pyrrole nitrogens is 1. The average molecular weight is 289 g/mol. The molecule has 0 spiro atoms. The fourth-order valence-corrected chi connectivity index (χ4v) is 3.35. The molecule has 5 heteroatoms. The zero-order valence-electron chi connectivity index (χ0n) is 11.6. The summed E-state index contributed by atoms with van der Waals surface area (Å²) in [4.78, 5) is 19.4. The molecule has 3 rings (SSSR count). The van der Waals surface area contributed by atoms with Crippen molar-refractivity contribution < 1.29 is 4.79 Å². The number of amides is 1. The molecule has 106 valence electrons. The number of nitrogens with zero attached hydrogens (tertiary/aromatic N) is 2. The van der Waals surface area contributed by atoms with Gasteiger partial charge >= 0.3 is 0 Å². The van der Waals surface area contributed by atoms with E-state index in [4.69, 9.17) is 12.2 Å². The highest BCUT2D eigenvalue weighted by atomic mass is 32.1. The Morgan fingerprint density at radius 2 is 2.10 bits per heavy atom. The molecule has 1 saturated carbocycles. The molecule has 0 unspecified atom stereocenters. The van der Waals surface area contributed by atoms with Crippen molar-refractivity contribution in [2.24, 2.45) is 0 Å². The Balaban J connectivity index is 1.87. The van der Waals surface area contributed by atoms with Crippen molar-refractivity contribution >= 4 is 29.3 Å². The van der Waals surface area contributed by atoms with E-state index in [0.29, 0.717) is 10.8 Å². The lowest BCUT2D eigenvalue weighted by Crippen LogP contribution is -2.41. The summed E-state index contributed by atoms with van der Waals surface area (Å²) in [5.41, 5.74) is 1.58. The zero-order valence-corrected chi connectivity index (χ0v) is 12.4. The van der Waals surface area contributed by atoms with Crippen molar-refractivity contribution in [2.45, 2.75) is 38.1 Å². The second-order valence-electron chi connectivity index (χ2n) is 5.46. The highest BCUT2D eigenvalue weighted by Crippen LogP contribution is 2.30. The first-order valence-electron chi connectivity index (χ1n) is 7.15. The third-order valence-electron chi connectivity index (χ3n) is 4.15. The number of hydrogen-bond acceptors (Lipinski definition) is 2. The molecule has 2 heterocycles. The van der Waals surface area contributed by atoms with Crippen LogP contribution in [-0.4, -0.2) is 38.9 Å². The van der Waals surface area contributed by atoms with Gasteiger partial charge < -0.3 is 9.88 Å². The first kappa shape index (κ1) is 13.4. The van der Waals surface area contributed by atoms with Gasteiger partial charge in [0, 0.05) is 25.0 Å². The van der Waals surface area contributed by atoms with Crippen LogP contribution in [0.3, 0.4) is 0 Å². The van der Waals surface area contributed by atoms with Crippen molar-refractivity contribution in [3.63, 3.8) is 0 Å². The van der Waals surface area contributed by atoms with Crippen LogP contribution in [0.15, 0.2) is 24.0 Å². The predicted octanol–water partition coefficient (Wildman–Crippen LogP) is 2.75. The predicted molar refractivity (Wildman–Crippen MR) is 82.8 cm³/mol. The van der Waals surface area contributed by atoms with Crippen molar-refractivity contribution in [1.29, 1.82) is 0 Å². The first-order valence-corrected chi connectivity index (χ1v) is 7.55. The number of aromatic amines is 1. The maximum atomic E-state index is 12.7. The molecule has 0 aromatic carbocycles. The lowest BCUT2D eigenvalue weighted by Gasteiger charge is -2.30. The molecule has 1 aliphatic carbocycles. The van der Waals surface area contributed by atoms with E-state index in [1.807, 2.05) is 41.3 Å². The molecule has 2 aliphatic rings. The summed E-state index contributed by atoms with van der Waals surface area (Å²) >= 11 is 5.47. The summed E-state index contributed by atoms with van der Waals surface area (Å²) in [6.07, 6.45) is 9.50. The van der Waals surface area contributed by atoms with Crippen LogP contribution in [0.5, 0.6) is 0 Å². The highest BCUT2D eigenvalue weighted by Gasteiger charge is 2.40. The SMILES string of the molecule is CN1C(=S)N(C2CCCCC2)C(=O)/C1=C\c1ccc[nH]1. The number of nitrogens with one attached hydrogen (secondary N) is 1. The summed E-state index contributed by atoms with van der Waals surface area (Å²) in [6.45, 7) is 0. The number of aromatic nitrogens is 1. The van der Waals surface area contributed by atoms with E-state index in [1.54, 1.807) is 0 Å². The van der Waals surface area contributed by atoms with Crippen LogP contribution < -0.4 is 0 Å². The number of carbonyl (C=O) groups is 1. The highest BCUT2D eigenvalue weighted by molar-refractivity contribution is 7.80. The second kappa shape index (κ2) is 5.40. The Labute approximate surface area is 124 Å². The van der Waals surface area contributed by atoms with Crippen molar-refractivity contribution in [3.8, 4) is 0 Å². The molecule has 0 radical (unpaired) electrons. The van der Waals surface area contributed by atoms with Crippen molar-refractivity contribution in [3.05, 3.63) is 29.7 Å². The normalized spacial score (nSPS) is 23.1. The molecule has 1 aromatic heterocycles. The molecule has 1 aliphatic heterocycles. The van der Waals surface area contributed by atoms with Gasteiger partial charge in [-0.1, -0.05) is 19.3 Å². The van der Waals surface area contributed by atoms with E-state index < -0.39 is 0 Å². The topological polar surface area (TPSA) is 39.3 Å². The lowest BCUT2D eigenvalue weighted by molar-refractivity contribution is -0.124. The third-order valence-corrected chi connectivity index (χ3v) is 4.62. The minimum Gasteiger partial charge on any atom is -0.362 e. The van der Waals surface area contributed by atoms with E-state index in [2.05, 4.69) is 4.98 Å². The van der Waals surface area contributed by atoms with E-state index in [-0.39, 0.29) is 11.9 Å². The Hall–Kier alpha value is -1.62. The summed E-state index contributed by atoms with van der Waals surface area (Å²) in [5.74, 6) is 0.0407. The largest absolute Gasteiger partial charge is 0.362 e. The molecule has 0 atom stereocenters. The van der Waals surface area contributed by atoms with Crippen LogP contribution in [0.2, 0.25) is 0 Å². The van der Waals surface area contributed by atoms with Crippen LogP contribution in [0.4, 0.5) is 0 Å². The van der Waals surface area contributed by atoms with Gasteiger partial charge in [0.15, 0.2) is 5.11 Å². The molecule has 1 amide bonds. The summed E-state index contributed by atoms with van der Waals surface area (Å²) < 4.78 is 0. The molecule has 1 saturated heterocycles. The quantitative estimate of drug-likeness (QED) is 0.672. The maximum absolute atomic E-state index is 12.7. The maximum Gasteiger partial charge on any atom is 0.277 e. The van der Waals surface area contributed by atoms with Crippen molar-refractivity contribution in [1.82, 2.24) is 14.8 Å². The number of likely N-dealkylation sites (N-methyl/N-ethyl adjacent to an activating group) is 1. The zero-order chi connectivity index (χ0) is 14.1. The van der Waals surface area contributed by atoms with Gasteiger partial charge in [0.25, 0.3) is 5.91 Å². The monoisotopic (exact) mass is 289 g/mol. The summed E-state index contributed by atoms with van der Waals surface area (Å²) in [5, 5.41) is 0.639. The first-order chi connectivity index (χ1) is 9.68. The molecule has 0 bridgehead atoms. The smallest absolute Gasteiger partial charge is 0.277 e. The van der Waals surface area contributed by atoms with Gasteiger partial charge in [-0.05, 0) is 43.3 Å². The molecular formula is C15H19N3OS. The van der Waals surface area contributed by atoms with E-state index in [1.165, 1.54) is 19.3 Å². The van der Waals surface area contributed by atoms with E-state index >= 15 is 0 Å². The number of thiocarbonyl (C=S) groups is 1.